The standard InChI is InChI=1S/C15H20N2O3/c1-15(14(19)20,10-6-3-2-4-7-10)17-13(18)11-8-5-9-12(11)16/h2-4,6-7,11-12H,5,8-9,16H2,1H3,(H,17,18)(H,19,20). The van der Waals surface area contributed by atoms with Gasteiger partial charge in [-0.3, -0.25) is 4.79 Å². The van der Waals surface area contributed by atoms with E-state index in [2.05, 4.69) is 5.32 Å². The Morgan fingerprint density at radius 3 is 2.45 bits per heavy atom. The van der Waals surface area contributed by atoms with Gasteiger partial charge in [-0.2, -0.15) is 0 Å². The van der Waals surface area contributed by atoms with Gasteiger partial charge in [0.1, 0.15) is 0 Å². The quantitative estimate of drug-likeness (QED) is 0.771. The molecular formula is C15H20N2O3. The Labute approximate surface area is 118 Å². The summed E-state index contributed by atoms with van der Waals surface area (Å²) in [6.45, 7) is 1.50. The lowest BCUT2D eigenvalue weighted by Gasteiger charge is -2.29. The van der Waals surface area contributed by atoms with Gasteiger partial charge in [-0.25, -0.2) is 4.79 Å². The van der Waals surface area contributed by atoms with Gasteiger partial charge in [0.15, 0.2) is 5.54 Å². The van der Waals surface area contributed by atoms with Crippen molar-refractivity contribution in [2.75, 3.05) is 0 Å². The number of aliphatic carboxylic acids is 1. The van der Waals surface area contributed by atoms with Crippen molar-refractivity contribution in [3.05, 3.63) is 35.9 Å². The summed E-state index contributed by atoms with van der Waals surface area (Å²) in [5.41, 5.74) is 5.02. The van der Waals surface area contributed by atoms with E-state index in [1.807, 2.05) is 0 Å². The van der Waals surface area contributed by atoms with Crippen molar-refractivity contribution in [1.82, 2.24) is 5.32 Å². The highest BCUT2D eigenvalue weighted by molar-refractivity contribution is 5.89. The van der Waals surface area contributed by atoms with Gasteiger partial charge in [0.25, 0.3) is 0 Å². The van der Waals surface area contributed by atoms with E-state index in [-0.39, 0.29) is 17.9 Å². The van der Waals surface area contributed by atoms with Crippen LogP contribution in [0.4, 0.5) is 0 Å². The van der Waals surface area contributed by atoms with Crippen molar-refractivity contribution >= 4 is 11.9 Å². The number of carboxylic acids is 1. The first-order chi connectivity index (χ1) is 9.45. The van der Waals surface area contributed by atoms with E-state index >= 15 is 0 Å². The minimum atomic E-state index is -1.43. The molecule has 0 spiro atoms. The molecule has 20 heavy (non-hydrogen) atoms. The third-order valence-corrected chi connectivity index (χ3v) is 4.06. The van der Waals surface area contributed by atoms with Gasteiger partial charge in [0, 0.05) is 6.04 Å². The Morgan fingerprint density at radius 2 is 1.95 bits per heavy atom. The maximum absolute atomic E-state index is 12.3. The van der Waals surface area contributed by atoms with Crippen molar-refractivity contribution < 1.29 is 14.7 Å². The molecule has 1 aromatic rings. The zero-order valence-electron chi connectivity index (χ0n) is 11.5. The molecule has 1 fully saturated rings. The Balaban J connectivity index is 2.22. The lowest BCUT2D eigenvalue weighted by Crippen LogP contribution is -2.53. The molecule has 3 unspecified atom stereocenters. The topological polar surface area (TPSA) is 92.4 Å². The van der Waals surface area contributed by atoms with Gasteiger partial charge in [-0.1, -0.05) is 36.8 Å². The summed E-state index contributed by atoms with van der Waals surface area (Å²) in [4.78, 5) is 23.9. The van der Waals surface area contributed by atoms with E-state index in [9.17, 15) is 14.7 Å². The SMILES string of the molecule is CC(NC(=O)C1CCCC1N)(C(=O)O)c1ccccc1. The van der Waals surface area contributed by atoms with Crippen LogP contribution in [-0.2, 0) is 15.1 Å². The zero-order chi connectivity index (χ0) is 14.8. The summed E-state index contributed by atoms with van der Waals surface area (Å²) in [6, 6.07) is 8.53. The smallest absolute Gasteiger partial charge is 0.333 e. The van der Waals surface area contributed by atoms with E-state index < -0.39 is 11.5 Å². The fourth-order valence-electron chi connectivity index (χ4n) is 2.67. The van der Waals surface area contributed by atoms with Crippen LogP contribution in [0.15, 0.2) is 30.3 Å². The van der Waals surface area contributed by atoms with Crippen LogP contribution in [0.1, 0.15) is 31.7 Å². The van der Waals surface area contributed by atoms with Crippen molar-refractivity contribution in [3.63, 3.8) is 0 Å². The molecule has 108 valence electrons. The van der Waals surface area contributed by atoms with Gasteiger partial charge in [-0.15, -0.1) is 0 Å². The van der Waals surface area contributed by atoms with Gasteiger partial charge in [0.05, 0.1) is 5.92 Å². The van der Waals surface area contributed by atoms with Crippen LogP contribution >= 0.6 is 0 Å². The van der Waals surface area contributed by atoms with Crippen LogP contribution in [0.2, 0.25) is 0 Å². The third-order valence-electron chi connectivity index (χ3n) is 4.06. The largest absolute Gasteiger partial charge is 0.479 e. The minimum Gasteiger partial charge on any atom is -0.479 e. The Bertz CT molecular complexity index is 503. The molecule has 0 saturated heterocycles. The second-order valence-corrected chi connectivity index (χ2v) is 5.49. The normalized spacial score (nSPS) is 24.9. The van der Waals surface area contributed by atoms with Crippen LogP contribution in [0, 0.1) is 5.92 Å². The molecule has 1 saturated carbocycles. The summed E-state index contributed by atoms with van der Waals surface area (Å²) in [5, 5.41) is 12.2. The second kappa shape index (κ2) is 5.63. The minimum absolute atomic E-state index is 0.177. The number of carbonyl (C=O) groups is 2. The summed E-state index contributed by atoms with van der Waals surface area (Å²) in [6.07, 6.45) is 2.44. The number of hydrogen-bond acceptors (Lipinski definition) is 3. The molecule has 4 N–H and O–H groups in total. The molecule has 1 amide bonds. The van der Waals surface area contributed by atoms with E-state index in [1.165, 1.54) is 6.92 Å². The zero-order valence-corrected chi connectivity index (χ0v) is 11.5. The average Bonchev–Trinajstić information content (AvgIpc) is 2.85. The van der Waals surface area contributed by atoms with Gasteiger partial charge >= 0.3 is 5.97 Å². The van der Waals surface area contributed by atoms with Crippen molar-refractivity contribution in [1.29, 1.82) is 0 Å². The van der Waals surface area contributed by atoms with E-state index in [0.717, 1.165) is 19.3 Å². The first kappa shape index (κ1) is 14.5. The van der Waals surface area contributed by atoms with Crippen LogP contribution < -0.4 is 11.1 Å². The molecule has 3 atom stereocenters. The third kappa shape index (κ3) is 2.67. The van der Waals surface area contributed by atoms with Crippen LogP contribution in [0.5, 0.6) is 0 Å². The first-order valence-corrected chi connectivity index (χ1v) is 6.81. The van der Waals surface area contributed by atoms with Gasteiger partial charge < -0.3 is 16.2 Å². The molecule has 0 radical (unpaired) electrons. The molecule has 0 bridgehead atoms. The second-order valence-electron chi connectivity index (χ2n) is 5.49. The van der Waals surface area contributed by atoms with Crippen LogP contribution in [0.25, 0.3) is 0 Å². The van der Waals surface area contributed by atoms with Crippen molar-refractivity contribution in [2.45, 2.75) is 37.8 Å². The molecule has 1 aromatic carbocycles. The molecule has 5 nitrogen and oxygen atoms in total. The molecule has 0 aromatic heterocycles. The van der Waals surface area contributed by atoms with Crippen LogP contribution in [-0.4, -0.2) is 23.0 Å². The molecule has 0 aliphatic heterocycles. The Kier molecular flexibility index (Phi) is 4.09. The number of hydrogen-bond donors (Lipinski definition) is 3. The number of rotatable bonds is 4. The maximum Gasteiger partial charge on any atom is 0.333 e. The molecule has 5 heteroatoms. The molecule has 1 aliphatic carbocycles. The lowest BCUT2D eigenvalue weighted by molar-refractivity contribution is -0.148. The van der Waals surface area contributed by atoms with Crippen LogP contribution in [0.3, 0.4) is 0 Å². The van der Waals surface area contributed by atoms with E-state index in [4.69, 9.17) is 5.73 Å². The molecule has 0 heterocycles. The Hall–Kier alpha value is -1.88. The molecular weight excluding hydrogens is 256 g/mol. The predicted molar refractivity (Wildman–Crippen MR) is 74.9 cm³/mol. The highest BCUT2D eigenvalue weighted by Crippen LogP contribution is 2.27. The summed E-state index contributed by atoms with van der Waals surface area (Å²) in [5.74, 6) is -1.65. The fraction of sp³-hybridized carbons (Fsp3) is 0.467. The maximum atomic E-state index is 12.3. The molecule has 1 aliphatic rings. The first-order valence-electron chi connectivity index (χ1n) is 6.81. The monoisotopic (exact) mass is 276 g/mol. The van der Waals surface area contributed by atoms with Gasteiger partial charge in [-0.05, 0) is 25.3 Å². The number of benzene rings is 1. The number of nitrogens with one attached hydrogen (secondary N) is 1. The summed E-state index contributed by atoms with van der Waals surface area (Å²) >= 11 is 0. The summed E-state index contributed by atoms with van der Waals surface area (Å²) < 4.78 is 0. The number of amides is 1. The van der Waals surface area contributed by atoms with E-state index in [0.29, 0.717) is 5.56 Å². The van der Waals surface area contributed by atoms with E-state index in [1.54, 1.807) is 30.3 Å². The predicted octanol–water partition coefficient (Wildman–Crippen LogP) is 1.23. The lowest BCUT2D eigenvalue weighted by atomic mass is 9.90. The van der Waals surface area contributed by atoms with Crippen molar-refractivity contribution in [3.8, 4) is 0 Å². The number of nitrogens with two attached hydrogens (primary N) is 1. The number of carboxylic acid groups (broad SMARTS) is 1. The molecule has 2 rings (SSSR count). The highest BCUT2D eigenvalue weighted by atomic mass is 16.4. The highest BCUT2D eigenvalue weighted by Gasteiger charge is 2.40. The van der Waals surface area contributed by atoms with Crippen molar-refractivity contribution in [2.24, 2.45) is 11.7 Å². The summed E-state index contributed by atoms with van der Waals surface area (Å²) in [7, 11) is 0. The van der Waals surface area contributed by atoms with Gasteiger partial charge in [0.2, 0.25) is 5.91 Å². The number of carbonyl (C=O) groups excluding carboxylic acids is 1. The Morgan fingerprint density at radius 1 is 1.30 bits per heavy atom. The average molecular weight is 276 g/mol. The fourth-order valence-corrected chi connectivity index (χ4v) is 2.67.